The molecule has 0 aromatic heterocycles. The number of nitrogens with one attached hydrogen (secondary N) is 1. The Labute approximate surface area is 79.3 Å². The van der Waals surface area contributed by atoms with E-state index >= 15 is 0 Å². The molecule has 0 unspecified atom stereocenters. The Hall–Kier alpha value is -1.06. The molecule has 0 spiro atoms. The Bertz CT molecular complexity index is 200. The maximum Gasteiger partial charge on any atom is 0.324 e. The lowest BCUT2D eigenvalue weighted by atomic mass is 10.3. The van der Waals surface area contributed by atoms with Crippen LogP contribution in [0.4, 0.5) is 4.79 Å². The first-order valence-corrected chi connectivity index (χ1v) is 4.46. The van der Waals surface area contributed by atoms with E-state index in [0.29, 0.717) is 0 Å². The van der Waals surface area contributed by atoms with Crippen molar-refractivity contribution >= 4 is 11.9 Å². The maximum absolute atomic E-state index is 11.4. The SMILES string of the molecule is CC(=O)N(C(=O)NC(C)C)C(C)C. The molecule has 1 N–H and O–H groups in total. The van der Waals surface area contributed by atoms with Crippen LogP contribution in [0, 0.1) is 0 Å². The van der Waals surface area contributed by atoms with Crippen LogP contribution in [0.1, 0.15) is 34.6 Å². The van der Waals surface area contributed by atoms with E-state index < -0.39 is 0 Å². The summed E-state index contributed by atoms with van der Waals surface area (Å²) in [5, 5.41) is 2.67. The second kappa shape index (κ2) is 4.84. The number of rotatable bonds is 2. The van der Waals surface area contributed by atoms with Crippen LogP contribution in [0.2, 0.25) is 0 Å². The summed E-state index contributed by atoms with van der Waals surface area (Å²) < 4.78 is 0. The fourth-order valence-electron chi connectivity index (χ4n) is 1.06. The second-order valence-corrected chi connectivity index (χ2v) is 3.59. The van der Waals surface area contributed by atoms with Gasteiger partial charge in [-0.25, -0.2) is 4.79 Å². The highest BCUT2D eigenvalue weighted by atomic mass is 16.2. The zero-order valence-electron chi connectivity index (χ0n) is 8.92. The van der Waals surface area contributed by atoms with E-state index in [0.717, 1.165) is 0 Å². The van der Waals surface area contributed by atoms with Crippen LogP contribution in [-0.2, 0) is 4.79 Å². The molecule has 0 heterocycles. The van der Waals surface area contributed by atoms with Crippen LogP contribution in [0.3, 0.4) is 0 Å². The number of urea groups is 1. The van der Waals surface area contributed by atoms with Gasteiger partial charge in [0.25, 0.3) is 0 Å². The van der Waals surface area contributed by atoms with Gasteiger partial charge in [-0.05, 0) is 27.7 Å². The maximum atomic E-state index is 11.4. The lowest BCUT2D eigenvalue weighted by Gasteiger charge is -2.24. The molecule has 0 aliphatic heterocycles. The first-order valence-electron chi connectivity index (χ1n) is 4.46. The normalized spacial score (nSPS) is 10.4. The predicted molar refractivity (Wildman–Crippen MR) is 51.3 cm³/mol. The summed E-state index contributed by atoms with van der Waals surface area (Å²) in [5.41, 5.74) is 0. The van der Waals surface area contributed by atoms with Gasteiger partial charge >= 0.3 is 6.03 Å². The number of nitrogens with zero attached hydrogens (tertiary/aromatic N) is 1. The minimum Gasteiger partial charge on any atom is -0.335 e. The van der Waals surface area contributed by atoms with E-state index in [1.807, 2.05) is 13.8 Å². The van der Waals surface area contributed by atoms with Gasteiger partial charge in [-0.3, -0.25) is 9.69 Å². The molecule has 0 aromatic rings. The largest absolute Gasteiger partial charge is 0.335 e. The topological polar surface area (TPSA) is 49.4 Å². The molecule has 0 aromatic carbocycles. The summed E-state index contributed by atoms with van der Waals surface area (Å²) in [6, 6.07) is -0.373. The highest BCUT2D eigenvalue weighted by Crippen LogP contribution is 1.99. The van der Waals surface area contributed by atoms with Crippen molar-refractivity contribution in [2.45, 2.75) is 46.7 Å². The zero-order valence-corrected chi connectivity index (χ0v) is 8.92. The molecule has 0 rings (SSSR count). The molecule has 13 heavy (non-hydrogen) atoms. The van der Waals surface area contributed by atoms with Gasteiger partial charge in [0.1, 0.15) is 0 Å². The predicted octanol–water partition coefficient (Wildman–Crippen LogP) is 1.36. The van der Waals surface area contributed by atoms with Crippen LogP contribution in [0.15, 0.2) is 0 Å². The van der Waals surface area contributed by atoms with Crippen molar-refractivity contribution in [1.29, 1.82) is 0 Å². The van der Waals surface area contributed by atoms with Crippen LogP contribution in [-0.4, -0.2) is 28.9 Å². The molecule has 0 atom stereocenters. The van der Waals surface area contributed by atoms with Gasteiger partial charge in [0.05, 0.1) is 0 Å². The van der Waals surface area contributed by atoms with Gasteiger partial charge in [-0.15, -0.1) is 0 Å². The Morgan fingerprint density at radius 2 is 1.62 bits per heavy atom. The fourth-order valence-corrected chi connectivity index (χ4v) is 1.06. The van der Waals surface area contributed by atoms with E-state index in [9.17, 15) is 9.59 Å². The molecule has 4 nitrogen and oxygen atoms in total. The lowest BCUT2D eigenvalue weighted by molar-refractivity contribution is -0.127. The van der Waals surface area contributed by atoms with Crippen LogP contribution in [0.5, 0.6) is 0 Å². The van der Waals surface area contributed by atoms with Crippen molar-refractivity contribution < 1.29 is 9.59 Å². The first kappa shape index (κ1) is 11.9. The quantitative estimate of drug-likeness (QED) is 0.708. The second-order valence-electron chi connectivity index (χ2n) is 3.59. The summed E-state index contributed by atoms with van der Waals surface area (Å²) in [6.07, 6.45) is 0. The monoisotopic (exact) mass is 186 g/mol. The molecule has 4 heteroatoms. The zero-order chi connectivity index (χ0) is 10.6. The smallest absolute Gasteiger partial charge is 0.324 e. The van der Waals surface area contributed by atoms with Crippen LogP contribution < -0.4 is 5.32 Å². The molecule has 76 valence electrons. The number of hydrogen-bond acceptors (Lipinski definition) is 2. The lowest BCUT2D eigenvalue weighted by Crippen LogP contribution is -2.48. The summed E-state index contributed by atoms with van der Waals surface area (Å²) in [6.45, 7) is 8.72. The highest BCUT2D eigenvalue weighted by molar-refractivity contribution is 5.93. The molecule has 0 radical (unpaired) electrons. The Morgan fingerprint density at radius 3 is 1.85 bits per heavy atom. The molecule has 0 bridgehead atoms. The molecular formula is C9H18N2O2. The van der Waals surface area contributed by atoms with Crippen molar-refractivity contribution in [2.24, 2.45) is 0 Å². The third kappa shape index (κ3) is 3.92. The summed E-state index contributed by atoms with van der Waals surface area (Å²) in [7, 11) is 0. The third-order valence-corrected chi connectivity index (χ3v) is 1.49. The average molecular weight is 186 g/mol. The molecular weight excluding hydrogens is 168 g/mol. The van der Waals surface area contributed by atoms with Crippen molar-refractivity contribution in [3.63, 3.8) is 0 Å². The summed E-state index contributed by atoms with van der Waals surface area (Å²) in [4.78, 5) is 23.7. The van der Waals surface area contributed by atoms with Gasteiger partial charge in [0.2, 0.25) is 5.91 Å². The van der Waals surface area contributed by atoms with Gasteiger partial charge in [0, 0.05) is 19.0 Å². The van der Waals surface area contributed by atoms with Crippen molar-refractivity contribution in [2.75, 3.05) is 0 Å². The van der Waals surface area contributed by atoms with E-state index in [4.69, 9.17) is 0 Å². The minimum atomic E-state index is -0.322. The summed E-state index contributed by atoms with van der Waals surface area (Å²) >= 11 is 0. The number of imide groups is 1. The Morgan fingerprint density at radius 1 is 1.15 bits per heavy atom. The molecule has 0 saturated carbocycles. The number of amides is 3. The van der Waals surface area contributed by atoms with Crippen LogP contribution >= 0.6 is 0 Å². The molecule has 3 amide bonds. The number of carbonyl (C=O) groups excluding carboxylic acids is 2. The summed E-state index contributed by atoms with van der Waals surface area (Å²) in [5.74, 6) is -0.229. The van der Waals surface area contributed by atoms with Crippen LogP contribution in [0.25, 0.3) is 0 Å². The van der Waals surface area contributed by atoms with Gasteiger partial charge < -0.3 is 5.32 Å². The van der Waals surface area contributed by atoms with E-state index in [1.165, 1.54) is 11.8 Å². The minimum absolute atomic E-state index is 0.0492. The molecule has 0 aliphatic rings. The standard InChI is InChI=1S/C9H18N2O2/c1-6(2)10-9(13)11(7(3)4)8(5)12/h6-7H,1-5H3,(H,10,13). The molecule has 0 fully saturated rings. The van der Waals surface area contributed by atoms with E-state index in [2.05, 4.69) is 5.32 Å². The third-order valence-electron chi connectivity index (χ3n) is 1.49. The highest BCUT2D eigenvalue weighted by Gasteiger charge is 2.20. The first-order chi connectivity index (χ1) is 5.86. The van der Waals surface area contributed by atoms with Gasteiger partial charge in [0.15, 0.2) is 0 Å². The van der Waals surface area contributed by atoms with E-state index in [1.54, 1.807) is 13.8 Å². The molecule has 0 saturated heterocycles. The van der Waals surface area contributed by atoms with Gasteiger partial charge in [-0.2, -0.15) is 0 Å². The van der Waals surface area contributed by atoms with Crippen molar-refractivity contribution in [3.05, 3.63) is 0 Å². The van der Waals surface area contributed by atoms with Crippen molar-refractivity contribution in [3.8, 4) is 0 Å². The number of hydrogen-bond donors (Lipinski definition) is 1. The average Bonchev–Trinajstić information content (AvgIpc) is 1.81. The Kier molecular flexibility index (Phi) is 4.45. The van der Waals surface area contributed by atoms with Gasteiger partial charge in [-0.1, -0.05) is 0 Å². The number of carbonyl (C=O) groups is 2. The molecule has 0 aliphatic carbocycles. The van der Waals surface area contributed by atoms with E-state index in [-0.39, 0.29) is 24.0 Å². The fraction of sp³-hybridized carbons (Fsp3) is 0.778. The Balaban J connectivity index is 4.38. The van der Waals surface area contributed by atoms with Crippen molar-refractivity contribution in [1.82, 2.24) is 10.2 Å².